The summed E-state index contributed by atoms with van der Waals surface area (Å²) in [6.45, 7) is 5.25. The van der Waals surface area contributed by atoms with Gasteiger partial charge in [-0.3, -0.25) is 9.48 Å². The Hall–Kier alpha value is -2.11. The van der Waals surface area contributed by atoms with Gasteiger partial charge >= 0.3 is 0 Å². The van der Waals surface area contributed by atoms with Crippen molar-refractivity contribution in [3.05, 3.63) is 35.5 Å². The van der Waals surface area contributed by atoms with Crippen LogP contribution in [-0.2, 0) is 0 Å². The average Bonchev–Trinajstić information content (AvgIpc) is 3.07. The zero-order chi connectivity index (χ0) is 14.1. The molecule has 1 aliphatic rings. The first-order valence-corrected chi connectivity index (χ1v) is 6.87. The van der Waals surface area contributed by atoms with E-state index in [0.717, 1.165) is 24.9 Å². The van der Waals surface area contributed by atoms with Crippen LogP contribution in [0.25, 0.3) is 0 Å². The highest BCUT2D eigenvalue weighted by molar-refractivity contribution is 5.92. The number of piperidine rings is 1. The van der Waals surface area contributed by atoms with E-state index in [-0.39, 0.29) is 11.9 Å². The molecular formula is C14H18N4O2. The van der Waals surface area contributed by atoms with E-state index in [9.17, 15) is 4.79 Å². The van der Waals surface area contributed by atoms with Crippen molar-refractivity contribution >= 4 is 5.91 Å². The van der Waals surface area contributed by atoms with Gasteiger partial charge in [-0.05, 0) is 32.3 Å². The number of rotatable bonds is 2. The summed E-state index contributed by atoms with van der Waals surface area (Å²) >= 11 is 0. The molecule has 0 radical (unpaired) electrons. The van der Waals surface area contributed by atoms with Crippen LogP contribution in [0, 0.1) is 13.8 Å². The Morgan fingerprint density at radius 2 is 2.30 bits per heavy atom. The largest absolute Gasteiger partial charge is 0.361 e. The third-order valence-electron chi connectivity index (χ3n) is 3.64. The Balaban J connectivity index is 1.73. The molecule has 6 heteroatoms. The quantitative estimate of drug-likeness (QED) is 0.839. The summed E-state index contributed by atoms with van der Waals surface area (Å²) in [6.07, 6.45) is 5.90. The van der Waals surface area contributed by atoms with E-state index in [1.807, 2.05) is 28.9 Å². The van der Waals surface area contributed by atoms with Gasteiger partial charge in [-0.2, -0.15) is 5.10 Å². The lowest BCUT2D eigenvalue weighted by Crippen LogP contribution is -2.41. The second kappa shape index (κ2) is 5.11. The van der Waals surface area contributed by atoms with E-state index in [1.165, 1.54) is 0 Å². The maximum Gasteiger partial charge on any atom is 0.276 e. The molecule has 1 aliphatic heterocycles. The van der Waals surface area contributed by atoms with E-state index in [1.54, 1.807) is 13.0 Å². The molecule has 0 N–H and O–H groups in total. The molecule has 0 aliphatic carbocycles. The van der Waals surface area contributed by atoms with Crippen LogP contribution in [0.5, 0.6) is 0 Å². The number of hydrogen-bond donors (Lipinski definition) is 0. The highest BCUT2D eigenvalue weighted by Crippen LogP contribution is 2.22. The first-order valence-electron chi connectivity index (χ1n) is 6.87. The molecule has 106 valence electrons. The lowest BCUT2D eigenvalue weighted by molar-refractivity contribution is 0.0662. The minimum absolute atomic E-state index is 0.0598. The zero-order valence-electron chi connectivity index (χ0n) is 11.7. The summed E-state index contributed by atoms with van der Waals surface area (Å²) in [5.41, 5.74) is 1.53. The van der Waals surface area contributed by atoms with E-state index in [0.29, 0.717) is 18.0 Å². The minimum Gasteiger partial charge on any atom is -0.361 e. The molecule has 2 aromatic heterocycles. The highest BCUT2D eigenvalue weighted by Gasteiger charge is 2.27. The first-order chi connectivity index (χ1) is 9.63. The predicted molar refractivity (Wildman–Crippen MR) is 72.4 cm³/mol. The lowest BCUT2D eigenvalue weighted by Gasteiger charge is -2.32. The van der Waals surface area contributed by atoms with Crippen LogP contribution in [0.2, 0.25) is 0 Å². The number of carbonyl (C=O) groups is 1. The standard InChI is InChI=1S/C14H18N4O2/c1-10-7-15-18(8-10)12-4-3-5-17(9-12)14(19)13-6-11(2)20-16-13/h6-8,12H,3-5,9H2,1-2H3. The molecule has 1 saturated heterocycles. The van der Waals surface area contributed by atoms with Crippen molar-refractivity contribution in [2.75, 3.05) is 13.1 Å². The third kappa shape index (κ3) is 2.45. The van der Waals surface area contributed by atoms with Crippen molar-refractivity contribution < 1.29 is 9.32 Å². The molecule has 6 nitrogen and oxygen atoms in total. The number of likely N-dealkylation sites (tertiary alicyclic amines) is 1. The number of carbonyl (C=O) groups excluding carboxylic acids is 1. The van der Waals surface area contributed by atoms with Gasteiger partial charge < -0.3 is 9.42 Å². The van der Waals surface area contributed by atoms with Crippen LogP contribution in [-0.4, -0.2) is 38.8 Å². The number of hydrogen-bond acceptors (Lipinski definition) is 4. The molecule has 1 fully saturated rings. The summed E-state index contributed by atoms with van der Waals surface area (Å²) in [5.74, 6) is 0.597. The maximum atomic E-state index is 12.4. The molecule has 0 aromatic carbocycles. The lowest BCUT2D eigenvalue weighted by atomic mass is 10.1. The van der Waals surface area contributed by atoms with Crippen molar-refractivity contribution in [3.8, 4) is 0 Å². The van der Waals surface area contributed by atoms with Crippen molar-refractivity contribution in [1.82, 2.24) is 19.8 Å². The summed E-state index contributed by atoms with van der Waals surface area (Å²) in [7, 11) is 0. The molecule has 1 amide bonds. The molecule has 1 unspecified atom stereocenters. The SMILES string of the molecule is Cc1cnn(C2CCCN(C(=O)c3cc(C)on3)C2)c1. The number of nitrogens with zero attached hydrogens (tertiary/aromatic N) is 4. The molecule has 0 bridgehead atoms. The monoisotopic (exact) mass is 274 g/mol. The topological polar surface area (TPSA) is 64.2 Å². The highest BCUT2D eigenvalue weighted by atomic mass is 16.5. The van der Waals surface area contributed by atoms with E-state index < -0.39 is 0 Å². The minimum atomic E-state index is -0.0598. The Morgan fingerprint density at radius 3 is 2.95 bits per heavy atom. The van der Waals surface area contributed by atoms with Gasteiger partial charge in [0.05, 0.1) is 12.2 Å². The van der Waals surface area contributed by atoms with Gasteiger partial charge in [0.2, 0.25) is 0 Å². The second-order valence-electron chi connectivity index (χ2n) is 5.37. The summed E-state index contributed by atoms with van der Waals surface area (Å²) in [6, 6.07) is 1.93. The van der Waals surface area contributed by atoms with Gasteiger partial charge in [0.15, 0.2) is 5.69 Å². The van der Waals surface area contributed by atoms with E-state index in [4.69, 9.17) is 4.52 Å². The fourth-order valence-electron chi connectivity index (χ4n) is 2.62. The summed E-state index contributed by atoms with van der Waals surface area (Å²) in [4.78, 5) is 14.2. The van der Waals surface area contributed by atoms with Crippen LogP contribution in [0.4, 0.5) is 0 Å². The third-order valence-corrected chi connectivity index (χ3v) is 3.64. The van der Waals surface area contributed by atoms with Crippen LogP contribution in [0.1, 0.15) is 40.7 Å². The predicted octanol–water partition coefficient (Wildman–Crippen LogP) is 1.97. The maximum absolute atomic E-state index is 12.4. The van der Waals surface area contributed by atoms with E-state index in [2.05, 4.69) is 10.3 Å². The van der Waals surface area contributed by atoms with Crippen molar-refractivity contribution in [2.45, 2.75) is 32.7 Å². The summed E-state index contributed by atoms with van der Waals surface area (Å²) < 4.78 is 6.94. The number of aromatic nitrogens is 3. The Morgan fingerprint density at radius 1 is 1.45 bits per heavy atom. The molecular weight excluding hydrogens is 256 g/mol. The molecule has 2 aromatic rings. The fraction of sp³-hybridized carbons (Fsp3) is 0.500. The normalized spacial score (nSPS) is 19.3. The van der Waals surface area contributed by atoms with Crippen molar-refractivity contribution in [2.24, 2.45) is 0 Å². The second-order valence-corrected chi connectivity index (χ2v) is 5.37. The molecule has 3 heterocycles. The van der Waals surface area contributed by atoms with Crippen LogP contribution in [0.15, 0.2) is 23.0 Å². The van der Waals surface area contributed by atoms with Crippen molar-refractivity contribution in [1.29, 1.82) is 0 Å². The molecule has 0 saturated carbocycles. The summed E-state index contributed by atoms with van der Waals surface area (Å²) in [5, 5.41) is 8.16. The Kier molecular flexibility index (Phi) is 3.30. The molecule has 1 atom stereocenters. The van der Waals surface area contributed by atoms with Crippen LogP contribution in [0.3, 0.4) is 0 Å². The number of aryl methyl sites for hydroxylation is 2. The van der Waals surface area contributed by atoms with Crippen LogP contribution < -0.4 is 0 Å². The van der Waals surface area contributed by atoms with Gasteiger partial charge in [-0.25, -0.2) is 0 Å². The van der Waals surface area contributed by atoms with Crippen LogP contribution >= 0.6 is 0 Å². The van der Waals surface area contributed by atoms with Gasteiger partial charge in [0.1, 0.15) is 5.76 Å². The molecule has 20 heavy (non-hydrogen) atoms. The van der Waals surface area contributed by atoms with Gasteiger partial charge in [-0.15, -0.1) is 0 Å². The molecule has 3 rings (SSSR count). The zero-order valence-corrected chi connectivity index (χ0v) is 11.7. The Labute approximate surface area is 117 Å². The fourth-order valence-corrected chi connectivity index (χ4v) is 2.62. The average molecular weight is 274 g/mol. The van der Waals surface area contributed by atoms with Crippen molar-refractivity contribution in [3.63, 3.8) is 0 Å². The van der Waals surface area contributed by atoms with Gasteiger partial charge in [0, 0.05) is 25.4 Å². The Bertz CT molecular complexity index is 616. The van der Waals surface area contributed by atoms with E-state index >= 15 is 0 Å². The van der Waals surface area contributed by atoms with Gasteiger partial charge in [-0.1, -0.05) is 5.16 Å². The smallest absolute Gasteiger partial charge is 0.276 e. The number of amides is 1. The first kappa shape index (κ1) is 12.9. The molecule has 0 spiro atoms. The van der Waals surface area contributed by atoms with Gasteiger partial charge in [0.25, 0.3) is 5.91 Å².